The second kappa shape index (κ2) is 7.19. The van der Waals surface area contributed by atoms with Crippen LogP contribution in [0.25, 0.3) is 16.6 Å². The maximum Gasteiger partial charge on any atom is 0.270 e. The first-order valence-electron chi connectivity index (χ1n) is 8.95. The van der Waals surface area contributed by atoms with Crippen molar-refractivity contribution in [1.29, 1.82) is 0 Å². The average molecular weight is 375 g/mol. The van der Waals surface area contributed by atoms with Crippen molar-refractivity contribution in [2.45, 2.75) is 13.0 Å². The molecule has 1 atom stereocenters. The van der Waals surface area contributed by atoms with Gasteiger partial charge in [-0.15, -0.1) is 0 Å². The predicted octanol–water partition coefficient (Wildman–Crippen LogP) is 3.59. The number of hydrogen-bond acceptors (Lipinski definition) is 4. The lowest BCUT2D eigenvalue weighted by molar-refractivity contribution is 0.0737. The normalized spacial score (nSPS) is 12.1. The topological polar surface area (TPSA) is 76.0 Å². The van der Waals surface area contributed by atoms with Gasteiger partial charge in [0.25, 0.3) is 5.91 Å². The largest absolute Gasteiger partial charge is 0.497 e. The first kappa shape index (κ1) is 17.8. The number of nitrogens with zero attached hydrogens (tertiary/aromatic N) is 4. The minimum Gasteiger partial charge on any atom is -0.497 e. The molecule has 0 saturated heterocycles. The van der Waals surface area contributed by atoms with Crippen LogP contribution in [0.15, 0.2) is 61.2 Å². The molecule has 0 spiro atoms. The van der Waals surface area contributed by atoms with E-state index in [4.69, 9.17) is 4.74 Å². The Morgan fingerprint density at radius 1 is 1.18 bits per heavy atom. The highest BCUT2D eigenvalue weighted by molar-refractivity contribution is 5.98. The van der Waals surface area contributed by atoms with Gasteiger partial charge in [0.2, 0.25) is 0 Å². The van der Waals surface area contributed by atoms with E-state index >= 15 is 0 Å². The Hall–Kier alpha value is -3.61. The number of aromatic nitrogens is 4. The zero-order chi connectivity index (χ0) is 19.7. The van der Waals surface area contributed by atoms with Gasteiger partial charge in [0.05, 0.1) is 18.8 Å². The first-order valence-corrected chi connectivity index (χ1v) is 8.95. The van der Waals surface area contributed by atoms with E-state index in [1.165, 1.54) is 6.33 Å². The van der Waals surface area contributed by atoms with E-state index in [0.717, 1.165) is 27.9 Å². The molecule has 4 aromatic rings. The number of nitrogens with one attached hydrogen (secondary N) is 1. The van der Waals surface area contributed by atoms with Crippen LogP contribution in [0, 0.1) is 0 Å². The number of carbonyl (C=O) groups excluding carboxylic acids is 1. The molecule has 1 amide bonds. The summed E-state index contributed by atoms with van der Waals surface area (Å²) in [5.74, 6) is 0.686. The smallest absolute Gasteiger partial charge is 0.270 e. The summed E-state index contributed by atoms with van der Waals surface area (Å²) in [4.78, 5) is 21.9. The maximum absolute atomic E-state index is 13.0. The number of carbonyl (C=O) groups is 1. The van der Waals surface area contributed by atoms with Crippen LogP contribution < -0.4 is 4.74 Å². The van der Waals surface area contributed by atoms with E-state index in [-0.39, 0.29) is 11.9 Å². The van der Waals surface area contributed by atoms with E-state index < -0.39 is 0 Å². The fourth-order valence-corrected chi connectivity index (χ4v) is 3.18. The molecule has 4 rings (SSSR count). The minimum atomic E-state index is -0.0850. The molecule has 7 nitrogen and oxygen atoms in total. The summed E-state index contributed by atoms with van der Waals surface area (Å²) in [7, 11) is 3.43. The van der Waals surface area contributed by atoms with Gasteiger partial charge in [-0.2, -0.15) is 5.10 Å². The standard InChI is InChI=1S/C21H21N5O2/c1-14(15-4-7-17(8-5-15)26-13-22-12-23-26)25(2)21(27)20-10-16-6-9-18(28-3)11-19(16)24-20/h4-14,24H,1-3H3. The summed E-state index contributed by atoms with van der Waals surface area (Å²) in [5, 5.41) is 5.10. The Morgan fingerprint density at radius 3 is 2.64 bits per heavy atom. The highest BCUT2D eigenvalue weighted by atomic mass is 16.5. The molecule has 28 heavy (non-hydrogen) atoms. The summed E-state index contributed by atoms with van der Waals surface area (Å²) in [6, 6.07) is 15.4. The SMILES string of the molecule is COc1ccc2cc(C(=O)N(C)C(C)c3ccc(-n4cncn4)cc3)[nH]c2c1. The lowest BCUT2D eigenvalue weighted by Gasteiger charge is -2.25. The van der Waals surface area contributed by atoms with Crippen molar-refractivity contribution in [2.24, 2.45) is 0 Å². The summed E-state index contributed by atoms with van der Waals surface area (Å²) in [5.41, 5.74) is 3.39. The zero-order valence-corrected chi connectivity index (χ0v) is 16.0. The quantitative estimate of drug-likeness (QED) is 0.578. The van der Waals surface area contributed by atoms with Crippen molar-refractivity contribution in [1.82, 2.24) is 24.6 Å². The van der Waals surface area contributed by atoms with Crippen molar-refractivity contribution >= 4 is 16.8 Å². The summed E-state index contributed by atoms with van der Waals surface area (Å²) < 4.78 is 6.94. The van der Waals surface area contributed by atoms with E-state index in [1.807, 2.05) is 62.5 Å². The van der Waals surface area contributed by atoms with Crippen LogP contribution in [0.1, 0.15) is 29.0 Å². The molecule has 0 fully saturated rings. The van der Waals surface area contributed by atoms with Crippen molar-refractivity contribution < 1.29 is 9.53 Å². The fraction of sp³-hybridized carbons (Fsp3) is 0.190. The number of amides is 1. The molecule has 1 N–H and O–H groups in total. The van der Waals surface area contributed by atoms with Gasteiger partial charge >= 0.3 is 0 Å². The lowest BCUT2D eigenvalue weighted by Crippen LogP contribution is -2.29. The zero-order valence-electron chi connectivity index (χ0n) is 16.0. The van der Waals surface area contributed by atoms with Crippen LogP contribution in [0.5, 0.6) is 5.75 Å². The third-order valence-corrected chi connectivity index (χ3v) is 5.02. The monoisotopic (exact) mass is 375 g/mol. The average Bonchev–Trinajstić information content (AvgIpc) is 3.41. The summed E-state index contributed by atoms with van der Waals surface area (Å²) in [6.07, 6.45) is 3.15. The Labute approximate surface area is 162 Å². The van der Waals surface area contributed by atoms with Crippen LogP contribution in [-0.4, -0.2) is 44.7 Å². The molecule has 7 heteroatoms. The van der Waals surface area contributed by atoms with E-state index in [1.54, 1.807) is 23.0 Å². The number of hydrogen-bond donors (Lipinski definition) is 1. The first-order chi connectivity index (χ1) is 13.6. The second-order valence-corrected chi connectivity index (χ2v) is 6.66. The molecule has 0 radical (unpaired) electrons. The van der Waals surface area contributed by atoms with Crippen LogP contribution in [0.3, 0.4) is 0 Å². The van der Waals surface area contributed by atoms with Crippen LogP contribution in [-0.2, 0) is 0 Å². The summed E-state index contributed by atoms with van der Waals surface area (Å²) >= 11 is 0. The molecule has 2 aromatic carbocycles. The molecular weight excluding hydrogens is 354 g/mol. The Kier molecular flexibility index (Phi) is 4.57. The number of methoxy groups -OCH3 is 1. The van der Waals surface area contributed by atoms with Gasteiger partial charge in [-0.1, -0.05) is 12.1 Å². The Balaban J connectivity index is 1.54. The summed E-state index contributed by atoms with van der Waals surface area (Å²) in [6.45, 7) is 2.01. The van der Waals surface area contributed by atoms with Crippen molar-refractivity contribution in [2.75, 3.05) is 14.2 Å². The number of benzene rings is 2. The van der Waals surface area contributed by atoms with Gasteiger partial charge in [0.1, 0.15) is 24.1 Å². The predicted molar refractivity (Wildman–Crippen MR) is 107 cm³/mol. The highest BCUT2D eigenvalue weighted by Gasteiger charge is 2.20. The molecular formula is C21H21N5O2. The number of rotatable bonds is 5. The van der Waals surface area contributed by atoms with Gasteiger partial charge in [-0.25, -0.2) is 9.67 Å². The fourth-order valence-electron chi connectivity index (χ4n) is 3.18. The van der Waals surface area contributed by atoms with Crippen molar-refractivity contribution in [3.63, 3.8) is 0 Å². The molecule has 0 aliphatic carbocycles. The number of H-pyrrole nitrogens is 1. The van der Waals surface area contributed by atoms with Crippen LogP contribution in [0.2, 0.25) is 0 Å². The Morgan fingerprint density at radius 2 is 1.96 bits per heavy atom. The number of aromatic amines is 1. The van der Waals surface area contributed by atoms with Crippen molar-refractivity contribution in [3.8, 4) is 11.4 Å². The van der Waals surface area contributed by atoms with E-state index in [0.29, 0.717) is 5.69 Å². The van der Waals surface area contributed by atoms with Gasteiger partial charge < -0.3 is 14.6 Å². The molecule has 0 saturated carbocycles. The molecule has 142 valence electrons. The highest BCUT2D eigenvalue weighted by Crippen LogP contribution is 2.25. The third kappa shape index (κ3) is 3.22. The third-order valence-electron chi connectivity index (χ3n) is 5.02. The molecule has 2 heterocycles. The van der Waals surface area contributed by atoms with Crippen LogP contribution >= 0.6 is 0 Å². The van der Waals surface area contributed by atoms with Crippen LogP contribution in [0.4, 0.5) is 0 Å². The van der Waals surface area contributed by atoms with Gasteiger partial charge in [-0.05, 0) is 42.8 Å². The lowest BCUT2D eigenvalue weighted by atomic mass is 10.1. The van der Waals surface area contributed by atoms with E-state index in [9.17, 15) is 4.79 Å². The number of ether oxygens (including phenoxy) is 1. The van der Waals surface area contributed by atoms with E-state index in [2.05, 4.69) is 15.1 Å². The number of fused-ring (bicyclic) bond motifs is 1. The maximum atomic E-state index is 13.0. The Bertz CT molecular complexity index is 1100. The second-order valence-electron chi connectivity index (χ2n) is 6.66. The van der Waals surface area contributed by atoms with Gasteiger partial charge in [0.15, 0.2) is 0 Å². The molecule has 0 aliphatic heterocycles. The van der Waals surface area contributed by atoms with Gasteiger partial charge in [-0.3, -0.25) is 4.79 Å². The molecule has 1 unspecified atom stereocenters. The van der Waals surface area contributed by atoms with Gasteiger partial charge in [0, 0.05) is 24.0 Å². The molecule has 0 bridgehead atoms. The molecule has 0 aliphatic rings. The molecule has 2 aromatic heterocycles. The minimum absolute atomic E-state index is 0.0666. The van der Waals surface area contributed by atoms with Crippen molar-refractivity contribution in [3.05, 3.63) is 72.4 Å².